The van der Waals surface area contributed by atoms with E-state index in [1.807, 2.05) is 6.07 Å². The number of furan rings is 1. The number of rotatable bonds is 4. The SMILES string of the molecule is O=C(NCC1CCN(c2ncccn2)CC1)c1ccco1. The van der Waals surface area contributed by atoms with Crippen molar-refractivity contribution < 1.29 is 9.21 Å². The molecule has 0 aromatic carbocycles. The van der Waals surface area contributed by atoms with Crippen molar-refractivity contribution in [3.05, 3.63) is 42.6 Å². The van der Waals surface area contributed by atoms with Crippen LogP contribution >= 0.6 is 0 Å². The lowest BCUT2D eigenvalue weighted by Gasteiger charge is -2.31. The minimum atomic E-state index is -0.145. The molecule has 0 unspecified atom stereocenters. The molecule has 3 heterocycles. The fraction of sp³-hybridized carbons (Fsp3) is 0.400. The zero-order chi connectivity index (χ0) is 14.5. The Kier molecular flexibility index (Phi) is 4.14. The fourth-order valence-corrected chi connectivity index (χ4v) is 2.52. The third kappa shape index (κ3) is 3.39. The number of anilines is 1. The summed E-state index contributed by atoms with van der Waals surface area (Å²) in [6, 6.07) is 5.21. The zero-order valence-electron chi connectivity index (χ0n) is 11.7. The van der Waals surface area contributed by atoms with E-state index in [0.717, 1.165) is 31.9 Å². The van der Waals surface area contributed by atoms with Gasteiger partial charge in [0.2, 0.25) is 5.95 Å². The van der Waals surface area contributed by atoms with Crippen LogP contribution in [0.1, 0.15) is 23.4 Å². The minimum Gasteiger partial charge on any atom is -0.459 e. The number of aromatic nitrogens is 2. The minimum absolute atomic E-state index is 0.145. The van der Waals surface area contributed by atoms with Gasteiger partial charge in [-0.2, -0.15) is 0 Å². The molecule has 3 rings (SSSR count). The second kappa shape index (κ2) is 6.39. The van der Waals surface area contributed by atoms with Crippen LogP contribution < -0.4 is 10.2 Å². The highest BCUT2D eigenvalue weighted by Gasteiger charge is 2.21. The Labute approximate surface area is 123 Å². The van der Waals surface area contributed by atoms with Gasteiger partial charge in [0.05, 0.1) is 6.26 Å². The summed E-state index contributed by atoms with van der Waals surface area (Å²) in [5.41, 5.74) is 0. The molecular formula is C15H18N4O2. The van der Waals surface area contributed by atoms with Gasteiger partial charge in [0, 0.05) is 32.0 Å². The number of carbonyl (C=O) groups excluding carboxylic acids is 1. The Morgan fingerprint density at radius 1 is 1.29 bits per heavy atom. The first-order valence-electron chi connectivity index (χ1n) is 7.16. The number of carbonyl (C=O) groups is 1. The van der Waals surface area contributed by atoms with E-state index < -0.39 is 0 Å². The fourth-order valence-electron chi connectivity index (χ4n) is 2.52. The predicted octanol–water partition coefficient (Wildman–Crippen LogP) is 1.72. The van der Waals surface area contributed by atoms with Crippen LogP contribution in [0.3, 0.4) is 0 Å². The van der Waals surface area contributed by atoms with Gasteiger partial charge in [-0.05, 0) is 37.0 Å². The van der Waals surface area contributed by atoms with Crippen LogP contribution in [0, 0.1) is 5.92 Å². The maximum Gasteiger partial charge on any atom is 0.286 e. The molecule has 0 atom stereocenters. The van der Waals surface area contributed by atoms with E-state index in [4.69, 9.17) is 4.42 Å². The molecule has 21 heavy (non-hydrogen) atoms. The van der Waals surface area contributed by atoms with Crippen molar-refractivity contribution in [2.45, 2.75) is 12.8 Å². The van der Waals surface area contributed by atoms with Crippen molar-refractivity contribution in [3.63, 3.8) is 0 Å². The summed E-state index contributed by atoms with van der Waals surface area (Å²) >= 11 is 0. The Bertz CT molecular complexity index is 563. The van der Waals surface area contributed by atoms with Gasteiger partial charge in [0.15, 0.2) is 5.76 Å². The highest BCUT2D eigenvalue weighted by Crippen LogP contribution is 2.19. The van der Waals surface area contributed by atoms with Crippen LogP contribution in [0.5, 0.6) is 0 Å². The molecule has 6 heteroatoms. The second-order valence-electron chi connectivity index (χ2n) is 5.17. The third-order valence-electron chi connectivity index (χ3n) is 3.75. The van der Waals surface area contributed by atoms with E-state index in [2.05, 4.69) is 20.2 Å². The Morgan fingerprint density at radius 3 is 2.71 bits per heavy atom. The average molecular weight is 286 g/mol. The molecule has 0 aliphatic carbocycles. The normalized spacial score (nSPS) is 15.9. The molecule has 0 spiro atoms. The molecule has 0 radical (unpaired) electrons. The van der Waals surface area contributed by atoms with Gasteiger partial charge in [-0.1, -0.05) is 0 Å². The molecule has 1 aliphatic rings. The van der Waals surface area contributed by atoms with E-state index in [-0.39, 0.29) is 5.91 Å². The highest BCUT2D eigenvalue weighted by atomic mass is 16.3. The number of nitrogens with one attached hydrogen (secondary N) is 1. The van der Waals surface area contributed by atoms with E-state index in [0.29, 0.717) is 18.2 Å². The summed E-state index contributed by atoms with van der Waals surface area (Å²) in [6.45, 7) is 2.53. The van der Waals surface area contributed by atoms with Crippen molar-refractivity contribution in [1.29, 1.82) is 0 Å². The molecule has 2 aromatic rings. The van der Waals surface area contributed by atoms with Gasteiger partial charge >= 0.3 is 0 Å². The summed E-state index contributed by atoms with van der Waals surface area (Å²) in [5.74, 6) is 1.50. The predicted molar refractivity (Wildman–Crippen MR) is 78.0 cm³/mol. The van der Waals surface area contributed by atoms with Gasteiger partial charge in [-0.15, -0.1) is 0 Å². The molecule has 2 aromatic heterocycles. The van der Waals surface area contributed by atoms with Crippen LogP contribution in [-0.2, 0) is 0 Å². The number of hydrogen-bond donors (Lipinski definition) is 1. The number of hydrogen-bond acceptors (Lipinski definition) is 5. The van der Waals surface area contributed by atoms with Gasteiger partial charge in [-0.25, -0.2) is 9.97 Å². The molecule has 1 amide bonds. The maximum absolute atomic E-state index is 11.8. The maximum atomic E-state index is 11.8. The highest BCUT2D eigenvalue weighted by molar-refractivity contribution is 5.91. The summed E-state index contributed by atoms with van der Waals surface area (Å²) < 4.78 is 5.07. The van der Waals surface area contributed by atoms with E-state index >= 15 is 0 Å². The number of amides is 1. The summed E-state index contributed by atoms with van der Waals surface area (Å²) in [6.07, 6.45) is 7.08. The molecule has 0 saturated carbocycles. The Hall–Kier alpha value is -2.37. The lowest BCUT2D eigenvalue weighted by Crippen LogP contribution is -2.39. The van der Waals surface area contributed by atoms with E-state index in [1.54, 1.807) is 24.5 Å². The first kappa shape index (κ1) is 13.6. The quantitative estimate of drug-likeness (QED) is 0.926. The van der Waals surface area contributed by atoms with Gasteiger partial charge in [-0.3, -0.25) is 4.79 Å². The number of nitrogens with zero attached hydrogens (tertiary/aromatic N) is 3. The van der Waals surface area contributed by atoms with Crippen molar-refractivity contribution in [1.82, 2.24) is 15.3 Å². The van der Waals surface area contributed by atoms with Crippen LogP contribution in [0.15, 0.2) is 41.3 Å². The van der Waals surface area contributed by atoms with Crippen molar-refractivity contribution in [3.8, 4) is 0 Å². The van der Waals surface area contributed by atoms with Crippen LogP contribution in [-0.4, -0.2) is 35.5 Å². The van der Waals surface area contributed by atoms with Crippen molar-refractivity contribution in [2.24, 2.45) is 5.92 Å². The van der Waals surface area contributed by atoms with Crippen molar-refractivity contribution in [2.75, 3.05) is 24.5 Å². The average Bonchev–Trinajstić information content (AvgIpc) is 3.08. The topological polar surface area (TPSA) is 71.3 Å². The third-order valence-corrected chi connectivity index (χ3v) is 3.75. The summed E-state index contributed by atoms with van der Waals surface area (Å²) in [7, 11) is 0. The lowest BCUT2D eigenvalue weighted by molar-refractivity contribution is 0.0917. The number of piperidine rings is 1. The lowest BCUT2D eigenvalue weighted by atomic mass is 9.97. The van der Waals surface area contributed by atoms with Crippen LogP contribution in [0.25, 0.3) is 0 Å². The largest absolute Gasteiger partial charge is 0.459 e. The molecule has 0 bridgehead atoms. The van der Waals surface area contributed by atoms with Crippen LogP contribution in [0.2, 0.25) is 0 Å². The molecular weight excluding hydrogens is 268 g/mol. The molecule has 1 aliphatic heterocycles. The Morgan fingerprint density at radius 2 is 2.05 bits per heavy atom. The van der Waals surface area contributed by atoms with Gasteiger partial charge < -0.3 is 14.6 Å². The summed E-state index contributed by atoms with van der Waals surface area (Å²) in [4.78, 5) is 22.5. The van der Waals surface area contributed by atoms with Gasteiger partial charge in [0.25, 0.3) is 5.91 Å². The molecule has 1 saturated heterocycles. The van der Waals surface area contributed by atoms with Crippen molar-refractivity contribution >= 4 is 11.9 Å². The molecule has 6 nitrogen and oxygen atoms in total. The molecule has 1 N–H and O–H groups in total. The summed E-state index contributed by atoms with van der Waals surface area (Å²) in [5, 5.41) is 2.93. The molecule has 110 valence electrons. The second-order valence-corrected chi connectivity index (χ2v) is 5.17. The van der Waals surface area contributed by atoms with Crippen LogP contribution in [0.4, 0.5) is 5.95 Å². The first-order chi connectivity index (χ1) is 10.3. The van der Waals surface area contributed by atoms with E-state index in [1.165, 1.54) is 6.26 Å². The standard InChI is InChI=1S/C15H18N4O2/c20-14(13-3-1-10-21-13)18-11-12-4-8-19(9-5-12)15-16-6-2-7-17-15/h1-3,6-7,10,12H,4-5,8-9,11H2,(H,18,20). The zero-order valence-corrected chi connectivity index (χ0v) is 11.7. The van der Waals surface area contributed by atoms with Gasteiger partial charge in [0.1, 0.15) is 0 Å². The smallest absolute Gasteiger partial charge is 0.286 e. The molecule has 1 fully saturated rings. The first-order valence-corrected chi connectivity index (χ1v) is 7.16. The Balaban J connectivity index is 1.45. The monoisotopic (exact) mass is 286 g/mol. The van der Waals surface area contributed by atoms with E-state index in [9.17, 15) is 4.79 Å².